The summed E-state index contributed by atoms with van der Waals surface area (Å²) in [6.45, 7) is 0. The summed E-state index contributed by atoms with van der Waals surface area (Å²) < 4.78 is 202. The number of hydrogen-bond donors (Lipinski definition) is 1. The van der Waals surface area contributed by atoms with Gasteiger partial charge in [-0.3, -0.25) is 4.79 Å². The van der Waals surface area contributed by atoms with Crippen molar-refractivity contribution in [3.05, 3.63) is 105 Å². The number of methoxy groups -OCH3 is 1. The SMILES string of the molecule is COC(=O)c1cc(-c2cc(-c3ccc(C(F)(C(F)(F)F)C(F)(F)F)n3C)no2)ccc1Cl.Cn1c(-c2cc(-c3ccc(Cl)c(C(=O)NC4(C#N)CC4)c3)on2)ccc1C(F)(C(F)(F)F)C(F)(F)F. The molecule has 0 radical (unpaired) electrons. The summed E-state index contributed by atoms with van der Waals surface area (Å²) in [5.41, 5.74) is -15.9. The molecule has 7 rings (SSSR count). The van der Waals surface area contributed by atoms with Crippen molar-refractivity contribution >= 4 is 35.1 Å². The van der Waals surface area contributed by atoms with Gasteiger partial charge >= 0.3 is 42.0 Å². The van der Waals surface area contributed by atoms with Crippen molar-refractivity contribution in [3.8, 4) is 51.5 Å². The third kappa shape index (κ3) is 8.97. The highest BCUT2D eigenvalue weighted by molar-refractivity contribution is 6.34. The Kier molecular flexibility index (Phi) is 13.1. The molecule has 1 fully saturated rings. The zero-order valence-corrected chi connectivity index (χ0v) is 35.7. The van der Waals surface area contributed by atoms with Crippen LogP contribution < -0.4 is 5.32 Å². The normalized spacial score (nSPS) is 14.2. The molecule has 1 aliphatic carbocycles. The number of aromatic nitrogens is 4. The van der Waals surface area contributed by atoms with Gasteiger partial charge in [0.1, 0.15) is 16.9 Å². The fourth-order valence-corrected chi connectivity index (χ4v) is 7.06. The van der Waals surface area contributed by atoms with Crippen LogP contribution in [0.15, 0.2) is 81.8 Å². The second-order valence-electron chi connectivity index (χ2n) is 14.8. The van der Waals surface area contributed by atoms with Crippen molar-refractivity contribution in [2.45, 2.75) is 54.4 Å². The van der Waals surface area contributed by atoms with Crippen LogP contribution in [0.25, 0.3) is 45.4 Å². The molecule has 1 N–H and O–H groups in total. The maximum absolute atomic E-state index is 14.5. The first kappa shape index (κ1) is 50.9. The number of nitriles is 1. The van der Waals surface area contributed by atoms with E-state index in [1.807, 2.05) is 6.07 Å². The van der Waals surface area contributed by atoms with E-state index in [-0.39, 0.29) is 66.6 Å². The monoisotopic (exact) mass is 1020 g/mol. The zero-order valence-electron chi connectivity index (χ0n) is 34.2. The van der Waals surface area contributed by atoms with Crippen LogP contribution in [-0.4, -0.2) is 68.7 Å². The lowest BCUT2D eigenvalue weighted by molar-refractivity contribution is -0.351. The average Bonchev–Trinajstić information content (AvgIpc) is 3.70. The minimum absolute atomic E-state index is 0.00182. The number of amides is 1. The van der Waals surface area contributed by atoms with E-state index in [4.69, 9.17) is 37.5 Å². The van der Waals surface area contributed by atoms with E-state index in [0.717, 1.165) is 33.3 Å². The van der Waals surface area contributed by atoms with Crippen molar-refractivity contribution in [1.29, 1.82) is 5.26 Å². The Balaban J connectivity index is 0.000000226. The van der Waals surface area contributed by atoms with Gasteiger partial charge in [0.05, 0.1) is 57.1 Å². The summed E-state index contributed by atoms with van der Waals surface area (Å²) in [6.07, 6.45) is -24.1. The molecule has 68 heavy (non-hydrogen) atoms. The molecular formula is C41H26Cl2F14N6O5. The highest BCUT2D eigenvalue weighted by atomic mass is 35.5. The molecule has 0 aliphatic heterocycles. The number of rotatable bonds is 9. The Hall–Kier alpha value is -6.55. The number of hydrogen-bond acceptors (Lipinski definition) is 8. The molecule has 0 unspecified atom stereocenters. The number of nitrogens with one attached hydrogen (secondary N) is 1. The van der Waals surface area contributed by atoms with Gasteiger partial charge in [0.15, 0.2) is 11.5 Å². The Bertz CT molecular complexity index is 2910. The first-order valence-corrected chi connectivity index (χ1v) is 19.4. The lowest BCUT2D eigenvalue weighted by Crippen LogP contribution is -2.51. The zero-order chi connectivity index (χ0) is 50.7. The van der Waals surface area contributed by atoms with Crippen LogP contribution in [-0.2, 0) is 30.2 Å². The Morgan fingerprint density at radius 1 is 0.647 bits per heavy atom. The maximum atomic E-state index is 14.5. The van der Waals surface area contributed by atoms with Crippen molar-refractivity contribution in [2.75, 3.05) is 7.11 Å². The maximum Gasteiger partial charge on any atom is 0.437 e. The Morgan fingerprint density at radius 3 is 1.38 bits per heavy atom. The van der Waals surface area contributed by atoms with Crippen LogP contribution >= 0.6 is 23.2 Å². The highest BCUT2D eigenvalue weighted by Gasteiger charge is 2.75. The number of alkyl halides is 14. The minimum Gasteiger partial charge on any atom is -0.465 e. The Morgan fingerprint density at radius 2 is 1.03 bits per heavy atom. The van der Waals surface area contributed by atoms with Gasteiger partial charge in [0.2, 0.25) is 0 Å². The summed E-state index contributed by atoms with van der Waals surface area (Å²) in [4.78, 5) is 24.4. The van der Waals surface area contributed by atoms with E-state index >= 15 is 0 Å². The molecule has 1 amide bonds. The molecule has 27 heteroatoms. The number of carbonyl (C=O) groups excluding carboxylic acids is 2. The van der Waals surface area contributed by atoms with Gasteiger partial charge in [-0.15, -0.1) is 0 Å². The molecule has 2 aromatic carbocycles. The Labute approximate surface area is 381 Å². The summed E-state index contributed by atoms with van der Waals surface area (Å²) in [5, 5.41) is 19.2. The average molecular weight is 1020 g/mol. The summed E-state index contributed by atoms with van der Waals surface area (Å²) in [5.74, 6) is -1.35. The summed E-state index contributed by atoms with van der Waals surface area (Å²) in [6, 6.07) is 15.1. The number of nitrogens with zero attached hydrogens (tertiary/aromatic N) is 5. The lowest BCUT2D eigenvalue weighted by atomic mass is 10.0. The first-order chi connectivity index (χ1) is 31.4. The van der Waals surface area contributed by atoms with E-state index in [1.165, 1.54) is 48.5 Å². The van der Waals surface area contributed by atoms with Crippen molar-refractivity contribution in [3.63, 3.8) is 0 Å². The number of carbonyl (C=O) groups is 2. The van der Waals surface area contributed by atoms with Gasteiger partial charge in [-0.05, 0) is 73.5 Å². The molecule has 0 spiro atoms. The first-order valence-electron chi connectivity index (χ1n) is 18.7. The van der Waals surface area contributed by atoms with Crippen LogP contribution in [0.4, 0.5) is 61.5 Å². The van der Waals surface area contributed by atoms with Crippen LogP contribution in [0.5, 0.6) is 0 Å². The second kappa shape index (κ2) is 17.5. The third-order valence-corrected chi connectivity index (χ3v) is 11.2. The summed E-state index contributed by atoms with van der Waals surface area (Å²) in [7, 11) is 2.80. The van der Waals surface area contributed by atoms with E-state index in [1.54, 1.807) is 0 Å². The molecule has 11 nitrogen and oxygen atoms in total. The predicted octanol–water partition coefficient (Wildman–Crippen LogP) is 12.2. The highest BCUT2D eigenvalue weighted by Crippen LogP contribution is 2.55. The fraction of sp³-hybridized carbons (Fsp3) is 0.293. The third-order valence-electron chi connectivity index (χ3n) is 10.5. The largest absolute Gasteiger partial charge is 0.465 e. The van der Waals surface area contributed by atoms with E-state index in [2.05, 4.69) is 20.4 Å². The van der Waals surface area contributed by atoms with Crippen LogP contribution in [0.3, 0.4) is 0 Å². The van der Waals surface area contributed by atoms with Gasteiger partial charge < -0.3 is 28.2 Å². The second-order valence-corrected chi connectivity index (χ2v) is 15.6. The lowest BCUT2D eigenvalue weighted by Gasteiger charge is -2.30. The minimum atomic E-state index is -6.27. The van der Waals surface area contributed by atoms with E-state index in [9.17, 15) is 71.1 Å². The number of ether oxygens (including phenoxy) is 1. The standard InChI is InChI=1S/C22H14ClF7N4O2.C19H12ClF7N2O3/c1-34-15(4-5-17(34)20(24,21(25,26)27)22(28,29)30)14-9-16(36-33-14)11-2-3-13(23)12(8-11)18(35)32-19(10-31)6-7-19;1-29-13(5-6-15(29)17(21,18(22,23)24)19(25,26)27)12-8-14(32-28-12)9-3-4-11(20)10(7-9)16(30)31-2/h2-5,8-9H,6-7H2,1H3,(H,32,35);3-8H,1-2H3. The molecule has 0 saturated heterocycles. The summed E-state index contributed by atoms with van der Waals surface area (Å²) >= 11 is 12.0. The molecule has 4 aromatic heterocycles. The molecule has 0 bridgehead atoms. The van der Waals surface area contributed by atoms with Crippen molar-refractivity contribution in [1.82, 2.24) is 24.8 Å². The molecular weight excluding hydrogens is 993 g/mol. The smallest absolute Gasteiger partial charge is 0.437 e. The molecule has 362 valence electrons. The van der Waals surface area contributed by atoms with Crippen molar-refractivity contribution < 1.29 is 84.8 Å². The topological polar surface area (TPSA) is 141 Å². The van der Waals surface area contributed by atoms with Crippen LogP contribution in [0, 0.1) is 11.3 Å². The number of benzene rings is 2. The van der Waals surface area contributed by atoms with Crippen molar-refractivity contribution in [2.24, 2.45) is 14.1 Å². The predicted molar refractivity (Wildman–Crippen MR) is 209 cm³/mol. The fourth-order valence-electron chi connectivity index (χ4n) is 6.67. The van der Waals surface area contributed by atoms with Crippen LogP contribution in [0.1, 0.15) is 44.9 Å². The van der Waals surface area contributed by atoms with E-state index in [0.29, 0.717) is 34.1 Å². The van der Waals surface area contributed by atoms with E-state index < -0.39 is 64.8 Å². The molecule has 0 atom stereocenters. The number of halogens is 16. The van der Waals surface area contributed by atoms with Gasteiger partial charge in [-0.2, -0.15) is 57.9 Å². The van der Waals surface area contributed by atoms with Gasteiger partial charge in [-0.1, -0.05) is 33.5 Å². The molecule has 4 heterocycles. The quantitative estimate of drug-likeness (QED) is 0.111. The molecule has 1 aliphatic rings. The van der Waals surface area contributed by atoms with Gasteiger partial charge in [-0.25, -0.2) is 13.6 Å². The molecule has 1 saturated carbocycles. The van der Waals surface area contributed by atoms with Crippen LogP contribution in [0.2, 0.25) is 10.0 Å². The molecule has 6 aromatic rings. The van der Waals surface area contributed by atoms with Gasteiger partial charge in [0.25, 0.3) is 5.91 Å². The van der Waals surface area contributed by atoms with Gasteiger partial charge in [0, 0.05) is 37.4 Å². The number of esters is 1.